The summed E-state index contributed by atoms with van der Waals surface area (Å²) in [7, 11) is 0. The standard InChI is InChI=1S/C7H14N2O2/c1-2-6(8)7(11)9-3-5(10)4-9/h5-6,10H,2-4,8H2,1H3. The quantitative estimate of drug-likeness (QED) is 0.537. The molecule has 0 aromatic rings. The number of nitrogens with zero attached hydrogens (tertiary/aromatic N) is 1. The number of aliphatic hydroxyl groups excluding tert-OH is 1. The van der Waals surface area contributed by atoms with Crippen LogP contribution in [0, 0.1) is 0 Å². The number of β-amino-alcohol motifs (C(OH)–C–C–N with tert-alkyl or cyclic N) is 1. The molecule has 0 bridgehead atoms. The molecule has 1 heterocycles. The minimum atomic E-state index is -0.387. The molecule has 0 aromatic heterocycles. The van der Waals surface area contributed by atoms with Crippen molar-refractivity contribution in [1.29, 1.82) is 0 Å². The van der Waals surface area contributed by atoms with Crippen molar-refractivity contribution in [2.24, 2.45) is 5.73 Å². The molecule has 0 spiro atoms. The Hall–Kier alpha value is -0.610. The van der Waals surface area contributed by atoms with Gasteiger partial charge in [0.2, 0.25) is 5.91 Å². The molecular formula is C7H14N2O2. The van der Waals surface area contributed by atoms with Crippen molar-refractivity contribution in [3.8, 4) is 0 Å². The number of nitrogens with two attached hydrogens (primary N) is 1. The van der Waals surface area contributed by atoms with Crippen LogP contribution in [0.1, 0.15) is 13.3 Å². The molecule has 4 heteroatoms. The molecule has 11 heavy (non-hydrogen) atoms. The molecule has 0 radical (unpaired) electrons. The molecule has 0 aromatic carbocycles. The third-order valence-electron chi connectivity index (χ3n) is 1.93. The highest BCUT2D eigenvalue weighted by molar-refractivity contribution is 5.82. The second-order valence-corrected chi connectivity index (χ2v) is 2.91. The van der Waals surface area contributed by atoms with E-state index >= 15 is 0 Å². The highest BCUT2D eigenvalue weighted by atomic mass is 16.3. The summed E-state index contributed by atoms with van der Waals surface area (Å²) in [5.74, 6) is -0.0437. The van der Waals surface area contributed by atoms with Crippen LogP contribution in [-0.2, 0) is 4.79 Å². The second kappa shape index (κ2) is 3.19. The Morgan fingerprint density at radius 1 is 1.82 bits per heavy atom. The Morgan fingerprint density at radius 2 is 2.36 bits per heavy atom. The van der Waals surface area contributed by atoms with E-state index < -0.39 is 0 Å². The van der Waals surface area contributed by atoms with Gasteiger partial charge in [0.05, 0.1) is 12.1 Å². The number of amides is 1. The Kier molecular flexibility index (Phi) is 2.46. The van der Waals surface area contributed by atoms with Crippen molar-refractivity contribution in [1.82, 2.24) is 4.90 Å². The van der Waals surface area contributed by atoms with Crippen LogP contribution in [0.3, 0.4) is 0 Å². The molecule has 1 rings (SSSR count). The minimum Gasteiger partial charge on any atom is -0.389 e. The van der Waals surface area contributed by atoms with Crippen LogP contribution in [0.15, 0.2) is 0 Å². The highest BCUT2D eigenvalue weighted by Crippen LogP contribution is 2.09. The van der Waals surface area contributed by atoms with Crippen LogP contribution in [0.2, 0.25) is 0 Å². The minimum absolute atomic E-state index is 0.0437. The largest absolute Gasteiger partial charge is 0.389 e. The van der Waals surface area contributed by atoms with Gasteiger partial charge >= 0.3 is 0 Å². The van der Waals surface area contributed by atoms with Crippen LogP contribution in [0.25, 0.3) is 0 Å². The SMILES string of the molecule is CCC(N)C(=O)N1CC(O)C1. The van der Waals surface area contributed by atoms with Gasteiger partial charge in [-0.1, -0.05) is 6.92 Å². The number of rotatable bonds is 2. The molecule has 0 aliphatic carbocycles. The van der Waals surface area contributed by atoms with Gasteiger partial charge in [0, 0.05) is 13.1 Å². The van der Waals surface area contributed by atoms with Crippen LogP contribution in [0.4, 0.5) is 0 Å². The Morgan fingerprint density at radius 3 is 2.73 bits per heavy atom. The van der Waals surface area contributed by atoms with Crippen molar-refractivity contribution in [3.05, 3.63) is 0 Å². The van der Waals surface area contributed by atoms with E-state index in [2.05, 4.69) is 0 Å². The van der Waals surface area contributed by atoms with Gasteiger partial charge in [-0.15, -0.1) is 0 Å². The maximum Gasteiger partial charge on any atom is 0.239 e. The third-order valence-corrected chi connectivity index (χ3v) is 1.93. The van der Waals surface area contributed by atoms with Crippen LogP contribution >= 0.6 is 0 Å². The zero-order valence-corrected chi connectivity index (χ0v) is 6.66. The van der Waals surface area contributed by atoms with E-state index in [4.69, 9.17) is 10.8 Å². The molecule has 1 atom stereocenters. The van der Waals surface area contributed by atoms with Gasteiger partial charge in [-0.2, -0.15) is 0 Å². The molecule has 1 saturated heterocycles. The first-order valence-electron chi connectivity index (χ1n) is 3.87. The fourth-order valence-electron chi connectivity index (χ4n) is 1.04. The molecule has 1 aliphatic rings. The topological polar surface area (TPSA) is 66.6 Å². The summed E-state index contributed by atoms with van der Waals surface area (Å²) in [6.45, 7) is 2.78. The van der Waals surface area contributed by atoms with Gasteiger partial charge in [0.1, 0.15) is 0 Å². The van der Waals surface area contributed by atoms with E-state index in [9.17, 15) is 4.79 Å². The molecule has 1 aliphatic heterocycles. The summed E-state index contributed by atoms with van der Waals surface area (Å²) in [6, 6.07) is -0.387. The van der Waals surface area contributed by atoms with Crippen molar-refractivity contribution in [2.75, 3.05) is 13.1 Å². The van der Waals surface area contributed by atoms with Gasteiger partial charge in [-0.3, -0.25) is 4.79 Å². The first kappa shape index (κ1) is 8.49. The second-order valence-electron chi connectivity index (χ2n) is 2.91. The van der Waals surface area contributed by atoms with Gasteiger partial charge in [-0.05, 0) is 6.42 Å². The van der Waals surface area contributed by atoms with E-state index in [1.54, 1.807) is 4.90 Å². The summed E-state index contributed by atoms with van der Waals surface area (Å²) >= 11 is 0. The average Bonchev–Trinajstić information content (AvgIpc) is 1.96. The lowest BCUT2D eigenvalue weighted by Gasteiger charge is -2.37. The van der Waals surface area contributed by atoms with Crippen molar-refractivity contribution < 1.29 is 9.90 Å². The van der Waals surface area contributed by atoms with Crippen LogP contribution in [-0.4, -0.2) is 41.1 Å². The molecule has 1 fully saturated rings. The first-order chi connectivity index (χ1) is 5.15. The molecule has 0 saturated carbocycles. The van der Waals surface area contributed by atoms with Crippen molar-refractivity contribution in [3.63, 3.8) is 0 Å². The lowest BCUT2D eigenvalue weighted by atomic mass is 10.1. The zero-order chi connectivity index (χ0) is 8.43. The summed E-state index contributed by atoms with van der Waals surface area (Å²) in [5.41, 5.74) is 5.50. The van der Waals surface area contributed by atoms with Gasteiger partial charge in [0.15, 0.2) is 0 Å². The summed E-state index contributed by atoms with van der Waals surface area (Å²) in [6.07, 6.45) is 0.328. The van der Waals surface area contributed by atoms with Crippen molar-refractivity contribution >= 4 is 5.91 Å². The van der Waals surface area contributed by atoms with Crippen molar-refractivity contribution in [2.45, 2.75) is 25.5 Å². The van der Waals surface area contributed by atoms with Gasteiger partial charge in [0.25, 0.3) is 0 Å². The molecule has 1 amide bonds. The fraction of sp³-hybridized carbons (Fsp3) is 0.857. The predicted octanol–water partition coefficient (Wildman–Crippen LogP) is -1.07. The van der Waals surface area contributed by atoms with E-state index in [0.717, 1.165) is 0 Å². The maximum absolute atomic E-state index is 11.2. The molecule has 3 N–H and O–H groups in total. The van der Waals surface area contributed by atoms with E-state index in [-0.39, 0.29) is 18.1 Å². The lowest BCUT2D eigenvalue weighted by Crippen LogP contribution is -2.57. The predicted molar refractivity (Wildman–Crippen MR) is 40.9 cm³/mol. The monoisotopic (exact) mass is 158 g/mol. The molecule has 4 nitrogen and oxygen atoms in total. The Bertz CT molecular complexity index is 155. The normalized spacial score (nSPS) is 21.2. The Balaban J connectivity index is 2.31. The highest BCUT2D eigenvalue weighted by Gasteiger charge is 2.30. The number of carbonyl (C=O) groups is 1. The van der Waals surface area contributed by atoms with Crippen LogP contribution in [0.5, 0.6) is 0 Å². The molecule has 64 valence electrons. The summed E-state index contributed by atoms with van der Waals surface area (Å²) in [4.78, 5) is 12.8. The zero-order valence-electron chi connectivity index (χ0n) is 6.66. The lowest BCUT2D eigenvalue weighted by molar-refractivity contribution is -0.142. The Labute approximate surface area is 66.0 Å². The number of hydrogen-bond acceptors (Lipinski definition) is 3. The van der Waals surface area contributed by atoms with Crippen LogP contribution < -0.4 is 5.73 Å². The maximum atomic E-state index is 11.2. The third kappa shape index (κ3) is 1.70. The number of aliphatic hydroxyl groups is 1. The molecular weight excluding hydrogens is 144 g/mol. The van der Waals surface area contributed by atoms with E-state index in [1.807, 2.05) is 6.92 Å². The number of hydrogen-bond donors (Lipinski definition) is 2. The number of carbonyl (C=O) groups excluding carboxylic acids is 1. The summed E-state index contributed by atoms with van der Waals surface area (Å²) in [5, 5.41) is 8.89. The molecule has 1 unspecified atom stereocenters. The average molecular weight is 158 g/mol. The smallest absolute Gasteiger partial charge is 0.239 e. The van der Waals surface area contributed by atoms with Gasteiger partial charge < -0.3 is 15.7 Å². The van der Waals surface area contributed by atoms with E-state index in [0.29, 0.717) is 19.5 Å². The van der Waals surface area contributed by atoms with Gasteiger partial charge in [-0.25, -0.2) is 0 Å². The number of likely N-dealkylation sites (tertiary alicyclic amines) is 1. The first-order valence-corrected chi connectivity index (χ1v) is 3.87. The summed E-state index contributed by atoms with van der Waals surface area (Å²) < 4.78 is 0. The van der Waals surface area contributed by atoms with E-state index in [1.165, 1.54) is 0 Å². The fourth-order valence-corrected chi connectivity index (χ4v) is 1.04.